The van der Waals surface area contributed by atoms with Gasteiger partial charge >= 0.3 is 0 Å². The van der Waals surface area contributed by atoms with Gasteiger partial charge in [-0.25, -0.2) is 0 Å². The standard InChI is InChI=1S/C25H24Cl2N2O4/c1-25(2,3)29-24(31)21(28-23(30)15-5-8-17(32-4)9-6-15)14-18-10-12-22(33-18)16-7-11-19(26)20(27)13-16/h5-14H,1-4H3,(H,28,30)(H,29,31)/b21-14+. The number of halogens is 2. The molecular weight excluding hydrogens is 463 g/mol. The van der Waals surface area contributed by atoms with Crippen molar-refractivity contribution in [3.63, 3.8) is 0 Å². The van der Waals surface area contributed by atoms with Crippen LogP contribution in [0, 0.1) is 0 Å². The summed E-state index contributed by atoms with van der Waals surface area (Å²) < 4.78 is 11.0. The van der Waals surface area contributed by atoms with E-state index in [-0.39, 0.29) is 5.70 Å². The summed E-state index contributed by atoms with van der Waals surface area (Å²) in [6, 6.07) is 15.2. The molecule has 2 aromatic carbocycles. The number of carbonyl (C=O) groups is 2. The third-order valence-electron chi connectivity index (χ3n) is 4.45. The second-order valence-corrected chi connectivity index (χ2v) is 9.09. The first kappa shape index (κ1) is 24.4. The van der Waals surface area contributed by atoms with Gasteiger partial charge in [0.1, 0.15) is 23.0 Å². The van der Waals surface area contributed by atoms with Crippen LogP contribution in [0.25, 0.3) is 17.4 Å². The zero-order valence-electron chi connectivity index (χ0n) is 18.7. The van der Waals surface area contributed by atoms with Crippen molar-refractivity contribution < 1.29 is 18.7 Å². The largest absolute Gasteiger partial charge is 0.497 e. The lowest BCUT2D eigenvalue weighted by molar-refractivity contribution is -0.119. The SMILES string of the molecule is COc1ccc(C(=O)N/C(=C/c2ccc(-c3ccc(Cl)c(Cl)c3)o2)C(=O)NC(C)(C)C)cc1. The number of methoxy groups -OCH3 is 1. The Kier molecular flexibility index (Phi) is 7.51. The van der Waals surface area contributed by atoms with E-state index in [1.807, 2.05) is 20.8 Å². The van der Waals surface area contributed by atoms with Gasteiger partial charge in [0, 0.05) is 22.7 Å². The summed E-state index contributed by atoms with van der Waals surface area (Å²) in [5.74, 6) is 0.654. The minimum atomic E-state index is -0.505. The molecule has 33 heavy (non-hydrogen) atoms. The minimum absolute atomic E-state index is 0.0424. The van der Waals surface area contributed by atoms with Crippen LogP contribution in [0.5, 0.6) is 5.75 Å². The van der Waals surface area contributed by atoms with Crippen LogP contribution in [-0.2, 0) is 4.79 Å². The number of furan rings is 1. The van der Waals surface area contributed by atoms with Gasteiger partial charge in [-0.15, -0.1) is 0 Å². The lowest BCUT2D eigenvalue weighted by atomic mass is 10.1. The molecule has 172 valence electrons. The molecule has 1 aromatic heterocycles. The van der Waals surface area contributed by atoms with Crippen LogP contribution in [0.2, 0.25) is 10.0 Å². The summed E-state index contributed by atoms with van der Waals surface area (Å²) >= 11 is 12.1. The number of ether oxygens (including phenoxy) is 1. The summed E-state index contributed by atoms with van der Waals surface area (Å²) in [5, 5.41) is 6.37. The van der Waals surface area contributed by atoms with Crippen molar-refractivity contribution in [1.29, 1.82) is 0 Å². The molecule has 0 bridgehead atoms. The molecule has 0 radical (unpaired) electrons. The van der Waals surface area contributed by atoms with Gasteiger partial charge in [0.05, 0.1) is 17.2 Å². The molecule has 8 heteroatoms. The highest BCUT2D eigenvalue weighted by Gasteiger charge is 2.20. The van der Waals surface area contributed by atoms with E-state index in [1.165, 1.54) is 6.08 Å². The quantitative estimate of drug-likeness (QED) is 0.422. The van der Waals surface area contributed by atoms with Crippen LogP contribution in [0.1, 0.15) is 36.9 Å². The Bertz CT molecular complexity index is 1190. The van der Waals surface area contributed by atoms with Crippen LogP contribution in [0.4, 0.5) is 0 Å². The Hall–Kier alpha value is -3.22. The molecule has 6 nitrogen and oxygen atoms in total. The van der Waals surface area contributed by atoms with Crippen molar-refractivity contribution in [3.8, 4) is 17.1 Å². The zero-order chi connectivity index (χ0) is 24.2. The van der Waals surface area contributed by atoms with E-state index in [4.69, 9.17) is 32.4 Å². The summed E-state index contributed by atoms with van der Waals surface area (Å²) in [6.07, 6.45) is 1.48. The molecule has 0 unspecified atom stereocenters. The Labute approximate surface area is 202 Å². The Morgan fingerprint density at radius 1 is 0.970 bits per heavy atom. The van der Waals surface area contributed by atoms with Crippen molar-refractivity contribution in [1.82, 2.24) is 10.6 Å². The lowest BCUT2D eigenvalue weighted by Gasteiger charge is -2.21. The average Bonchev–Trinajstić information content (AvgIpc) is 3.22. The monoisotopic (exact) mass is 486 g/mol. The highest BCUT2D eigenvalue weighted by atomic mass is 35.5. The van der Waals surface area contributed by atoms with Crippen molar-refractivity contribution in [3.05, 3.63) is 81.7 Å². The maximum Gasteiger partial charge on any atom is 0.268 e. The van der Waals surface area contributed by atoms with Crippen LogP contribution < -0.4 is 15.4 Å². The van der Waals surface area contributed by atoms with E-state index in [0.29, 0.717) is 32.9 Å². The third-order valence-corrected chi connectivity index (χ3v) is 5.19. The molecule has 3 rings (SSSR count). The van der Waals surface area contributed by atoms with E-state index in [1.54, 1.807) is 61.7 Å². The summed E-state index contributed by atoms with van der Waals surface area (Å²) in [6.45, 7) is 5.55. The second kappa shape index (κ2) is 10.1. The smallest absolute Gasteiger partial charge is 0.268 e. The topological polar surface area (TPSA) is 80.6 Å². The highest BCUT2D eigenvalue weighted by molar-refractivity contribution is 6.42. The molecule has 0 aliphatic carbocycles. The fourth-order valence-corrected chi connectivity index (χ4v) is 3.18. The van der Waals surface area contributed by atoms with Gasteiger partial charge in [0.2, 0.25) is 0 Å². The van der Waals surface area contributed by atoms with Gasteiger partial charge in [-0.1, -0.05) is 23.2 Å². The average molecular weight is 487 g/mol. The molecule has 0 fully saturated rings. The predicted molar refractivity (Wildman–Crippen MR) is 130 cm³/mol. The lowest BCUT2D eigenvalue weighted by Crippen LogP contribution is -2.44. The summed E-state index contributed by atoms with van der Waals surface area (Å²) in [5.41, 5.74) is 0.643. The van der Waals surface area contributed by atoms with Crippen LogP contribution >= 0.6 is 23.2 Å². The molecule has 0 aliphatic heterocycles. The minimum Gasteiger partial charge on any atom is -0.497 e. The van der Waals surface area contributed by atoms with E-state index in [9.17, 15) is 9.59 Å². The zero-order valence-corrected chi connectivity index (χ0v) is 20.2. The molecule has 3 aromatic rings. The van der Waals surface area contributed by atoms with Gasteiger partial charge in [-0.05, 0) is 75.4 Å². The first-order chi connectivity index (χ1) is 15.6. The first-order valence-electron chi connectivity index (χ1n) is 10.1. The van der Waals surface area contributed by atoms with Crippen LogP contribution in [0.15, 0.2) is 64.7 Å². The molecule has 0 saturated carbocycles. The fraction of sp³-hybridized carbons (Fsp3) is 0.200. The molecule has 1 heterocycles. The van der Waals surface area contributed by atoms with E-state index < -0.39 is 17.4 Å². The molecule has 0 aliphatic rings. The second-order valence-electron chi connectivity index (χ2n) is 8.28. The van der Waals surface area contributed by atoms with Gasteiger partial charge in [0.25, 0.3) is 11.8 Å². The van der Waals surface area contributed by atoms with Gasteiger partial charge in [0.15, 0.2) is 0 Å². The summed E-state index contributed by atoms with van der Waals surface area (Å²) in [7, 11) is 1.54. The van der Waals surface area contributed by atoms with Crippen molar-refractivity contribution in [2.75, 3.05) is 7.11 Å². The van der Waals surface area contributed by atoms with Crippen LogP contribution in [0.3, 0.4) is 0 Å². The molecule has 0 spiro atoms. The first-order valence-corrected chi connectivity index (χ1v) is 10.9. The molecule has 0 saturated heterocycles. The Balaban J connectivity index is 1.90. The fourth-order valence-electron chi connectivity index (χ4n) is 2.88. The molecule has 2 N–H and O–H groups in total. The van der Waals surface area contributed by atoms with Crippen molar-refractivity contribution in [2.24, 2.45) is 0 Å². The molecule has 2 amide bonds. The summed E-state index contributed by atoms with van der Waals surface area (Å²) in [4.78, 5) is 25.7. The van der Waals surface area contributed by atoms with Crippen LogP contribution in [-0.4, -0.2) is 24.5 Å². The maximum atomic E-state index is 12.9. The van der Waals surface area contributed by atoms with Gasteiger partial charge in [-0.3, -0.25) is 9.59 Å². The Morgan fingerprint density at radius 2 is 1.67 bits per heavy atom. The van der Waals surface area contributed by atoms with E-state index in [2.05, 4.69) is 10.6 Å². The number of rotatable bonds is 6. The number of carbonyl (C=O) groups excluding carboxylic acids is 2. The number of nitrogens with one attached hydrogen (secondary N) is 2. The molecular formula is C25H24Cl2N2O4. The number of benzene rings is 2. The Morgan fingerprint density at radius 3 is 2.27 bits per heavy atom. The number of hydrogen-bond acceptors (Lipinski definition) is 4. The normalized spacial score (nSPS) is 11.8. The van der Waals surface area contributed by atoms with E-state index in [0.717, 1.165) is 5.56 Å². The van der Waals surface area contributed by atoms with Crippen molar-refractivity contribution >= 4 is 41.1 Å². The maximum absolute atomic E-state index is 12.9. The van der Waals surface area contributed by atoms with Gasteiger partial charge in [-0.2, -0.15) is 0 Å². The highest BCUT2D eigenvalue weighted by Crippen LogP contribution is 2.30. The number of hydrogen-bond donors (Lipinski definition) is 2. The van der Waals surface area contributed by atoms with E-state index >= 15 is 0 Å². The molecule has 0 atom stereocenters. The number of amides is 2. The van der Waals surface area contributed by atoms with Crippen molar-refractivity contribution in [2.45, 2.75) is 26.3 Å². The predicted octanol–water partition coefficient (Wildman–Crippen LogP) is 5.95. The van der Waals surface area contributed by atoms with Gasteiger partial charge < -0.3 is 19.8 Å². The third kappa shape index (κ3) is 6.63.